The summed E-state index contributed by atoms with van der Waals surface area (Å²) >= 11 is 0. The van der Waals surface area contributed by atoms with Gasteiger partial charge in [0.1, 0.15) is 11.5 Å². The standard InChI is InChI=1S/C25H32N4O4/c1-27(2)11-9-26-16-14-15-6-5-10-29(13-12-28(3)4)23(15)22-19(16)24(32)20-17(30)7-8-18(31)21(20)25(22)33/h7-8,14,26,30-31H,5-6,9-13H2,1-4H3. The zero-order valence-corrected chi connectivity index (χ0v) is 19.7. The Morgan fingerprint density at radius 1 is 0.909 bits per heavy atom. The number of phenols is 2. The number of carbonyl (C=O) groups is 2. The summed E-state index contributed by atoms with van der Waals surface area (Å²) in [4.78, 5) is 33.8. The van der Waals surface area contributed by atoms with Gasteiger partial charge in [0, 0.05) is 38.4 Å². The van der Waals surface area contributed by atoms with Crippen LogP contribution in [0, 0.1) is 0 Å². The topological polar surface area (TPSA) is 96.3 Å². The monoisotopic (exact) mass is 452 g/mol. The van der Waals surface area contributed by atoms with Crippen molar-refractivity contribution in [3.63, 3.8) is 0 Å². The number of anilines is 2. The van der Waals surface area contributed by atoms with Gasteiger partial charge in [-0.05, 0) is 64.8 Å². The van der Waals surface area contributed by atoms with Crippen LogP contribution in [0.1, 0.15) is 43.8 Å². The summed E-state index contributed by atoms with van der Waals surface area (Å²) in [6.45, 7) is 3.68. The van der Waals surface area contributed by atoms with Crippen molar-refractivity contribution < 1.29 is 19.8 Å². The summed E-state index contributed by atoms with van der Waals surface area (Å²) in [5.41, 5.74) is 2.78. The highest BCUT2D eigenvalue weighted by Gasteiger charge is 2.40. The second-order valence-electron chi connectivity index (χ2n) is 9.32. The molecule has 0 aromatic heterocycles. The summed E-state index contributed by atoms with van der Waals surface area (Å²) in [5.74, 6) is -1.45. The van der Waals surface area contributed by atoms with Crippen LogP contribution in [0.5, 0.6) is 11.5 Å². The number of phenolic OH excluding ortho intramolecular Hbond substituents is 2. The predicted molar refractivity (Wildman–Crippen MR) is 129 cm³/mol. The molecule has 0 saturated heterocycles. The summed E-state index contributed by atoms with van der Waals surface area (Å²) in [5, 5.41) is 24.3. The first-order chi connectivity index (χ1) is 15.7. The molecule has 0 unspecified atom stereocenters. The van der Waals surface area contributed by atoms with Crippen molar-refractivity contribution in [2.24, 2.45) is 0 Å². The van der Waals surface area contributed by atoms with Crippen LogP contribution in [0.2, 0.25) is 0 Å². The van der Waals surface area contributed by atoms with Crippen molar-refractivity contribution in [2.75, 3.05) is 71.1 Å². The Labute approximate surface area is 194 Å². The van der Waals surface area contributed by atoms with Crippen molar-refractivity contribution in [1.29, 1.82) is 0 Å². The van der Waals surface area contributed by atoms with Crippen LogP contribution in [0.15, 0.2) is 18.2 Å². The number of hydrogen-bond acceptors (Lipinski definition) is 8. The zero-order valence-electron chi connectivity index (χ0n) is 19.7. The van der Waals surface area contributed by atoms with E-state index in [1.807, 2.05) is 39.2 Å². The van der Waals surface area contributed by atoms with Crippen molar-refractivity contribution in [3.8, 4) is 11.5 Å². The van der Waals surface area contributed by atoms with Crippen LogP contribution < -0.4 is 10.2 Å². The molecule has 2 aromatic carbocycles. The van der Waals surface area contributed by atoms with Gasteiger partial charge in [-0.1, -0.05) is 0 Å². The van der Waals surface area contributed by atoms with Crippen LogP contribution in [-0.2, 0) is 6.42 Å². The number of carbonyl (C=O) groups excluding carboxylic acids is 2. The van der Waals surface area contributed by atoms with Crippen molar-refractivity contribution >= 4 is 22.9 Å². The number of rotatable bonds is 7. The molecule has 8 heteroatoms. The molecule has 0 amide bonds. The molecule has 0 bridgehead atoms. The van der Waals surface area contributed by atoms with E-state index in [0.717, 1.165) is 50.3 Å². The molecule has 176 valence electrons. The van der Waals surface area contributed by atoms with Crippen LogP contribution >= 0.6 is 0 Å². The SMILES string of the molecule is CN(C)CCNc1cc2c(c3c1C(=O)c1c(O)ccc(O)c1C3=O)N(CCN(C)C)CCC2. The van der Waals surface area contributed by atoms with Gasteiger partial charge in [0.2, 0.25) is 11.6 Å². The van der Waals surface area contributed by atoms with E-state index < -0.39 is 11.6 Å². The first-order valence-electron chi connectivity index (χ1n) is 11.3. The molecule has 1 aliphatic heterocycles. The molecular weight excluding hydrogens is 420 g/mol. The number of ketones is 2. The van der Waals surface area contributed by atoms with Crippen LogP contribution in [0.3, 0.4) is 0 Å². The molecule has 33 heavy (non-hydrogen) atoms. The van der Waals surface area contributed by atoms with Crippen LogP contribution in [-0.4, -0.2) is 92.5 Å². The Hall–Kier alpha value is -3.10. The molecule has 2 aliphatic rings. The number of aryl methyl sites for hydroxylation is 1. The molecule has 0 radical (unpaired) electrons. The molecule has 8 nitrogen and oxygen atoms in total. The minimum atomic E-state index is -0.443. The Bertz CT molecular complexity index is 1110. The van der Waals surface area contributed by atoms with Gasteiger partial charge in [0.15, 0.2) is 0 Å². The van der Waals surface area contributed by atoms with Gasteiger partial charge >= 0.3 is 0 Å². The number of benzene rings is 2. The fourth-order valence-electron chi connectivity index (χ4n) is 4.70. The van der Waals surface area contributed by atoms with Gasteiger partial charge in [-0.25, -0.2) is 0 Å². The number of hydrogen-bond donors (Lipinski definition) is 3. The van der Waals surface area contributed by atoms with Gasteiger partial charge < -0.3 is 30.2 Å². The maximum atomic E-state index is 13.8. The molecule has 4 rings (SSSR count). The summed E-state index contributed by atoms with van der Waals surface area (Å²) in [6.07, 6.45) is 1.77. The fourth-order valence-corrected chi connectivity index (χ4v) is 4.70. The van der Waals surface area contributed by atoms with Gasteiger partial charge in [0.25, 0.3) is 0 Å². The average Bonchev–Trinajstić information content (AvgIpc) is 2.76. The Morgan fingerprint density at radius 2 is 1.52 bits per heavy atom. The predicted octanol–water partition coefficient (Wildman–Crippen LogP) is 2.16. The van der Waals surface area contributed by atoms with Crippen molar-refractivity contribution in [1.82, 2.24) is 9.80 Å². The molecule has 0 spiro atoms. The molecule has 2 aromatic rings. The third-order valence-corrected chi connectivity index (χ3v) is 6.33. The lowest BCUT2D eigenvalue weighted by atomic mass is 9.79. The molecule has 3 N–H and O–H groups in total. The highest BCUT2D eigenvalue weighted by molar-refractivity contribution is 6.33. The second-order valence-corrected chi connectivity index (χ2v) is 9.32. The van der Waals surface area contributed by atoms with Crippen molar-refractivity contribution in [2.45, 2.75) is 12.8 Å². The smallest absolute Gasteiger partial charge is 0.200 e. The minimum absolute atomic E-state index is 0.113. The molecule has 0 saturated carbocycles. The van der Waals surface area contributed by atoms with E-state index in [1.54, 1.807) is 0 Å². The van der Waals surface area contributed by atoms with Gasteiger partial charge in [-0.2, -0.15) is 0 Å². The molecule has 1 aliphatic carbocycles. The van der Waals surface area contributed by atoms with Gasteiger partial charge in [0.05, 0.1) is 27.9 Å². The summed E-state index contributed by atoms with van der Waals surface area (Å²) in [6, 6.07) is 4.51. The zero-order chi connectivity index (χ0) is 23.9. The normalized spacial score (nSPS) is 15.0. The third-order valence-electron chi connectivity index (χ3n) is 6.33. The average molecular weight is 453 g/mol. The maximum Gasteiger partial charge on any atom is 0.200 e. The second kappa shape index (κ2) is 9.03. The number of nitrogens with zero attached hydrogens (tertiary/aromatic N) is 3. The molecule has 0 atom stereocenters. The molecule has 0 fully saturated rings. The summed E-state index contributed by atoms with van der Waals surface area (Å²) in [7, 11) is 7.95. The Kier molecular flexibility index (Phi) is 6.32. The molecule has 1 heterocycles. The maximum absolute atomic E-state index is 13.8. The number of fused-ring (bicyclic) bond motifs is 4. The first-order valence-corrected chi connectivity index (χ1v) is 11.3. The summed E-state index contributed by atoms with van der Waals surface area (Å²) < 4.78 is 0. The quantitative estimate of drug-likeness (QED) is 0.470. The minimum Gasteiger partial charge on any atom is -0.507 e. The highest BCUT2D eigenvalue weighted by Crippen LogP contribution is 2.45. The molecular formula is C25H32N4O4. The van der Waals surface area contributed by atoms with E-state index in [2.05, 4.69) is 15.1 Å². The lowest BCUT2D eigenvalue weighted by Crippen LogP contribution is -2.38. The Morgan fingerprint density at radius 3 is 2.12 bits per heavy atom. The Balaban J connectivity index is 1.92. The van der Waals surface area contributed by atoms with Gasteiger partial charge in [-0.15, -0.1) is 0 Å². The lowest BCUT2D eigenvalue weighted by Gasteiger charge is -2.36. The van der Waals surface area contributed by atoms with E-state index in [-0.39, 0.29) is 28.2 Å². The fraction of sp³-hybridized carbons (Fsp3) is 0.440. The van der Waals surface area contributed by atoms with Gasteiger partial charge in [-0.3, -0.25) is 9.59 Å². The van der Waals surface area contributed by atoms with E-state index in [4.69, 9.17) is 0 Å². The highest BCUT2D eigenvalue weighted by atomic mass is 16.3. The van der Waals surface area contributed by atoms with Crippen LogP contribution in [0.25, 0.3) is 0 Å². The first kappa shape index (κ1) is 23.1. The number of likely N-dealkylation sites (N-methyl/N-ethyl adjacent to an activating group) is 2. The lowest BCUT2D eigenvalue weighted by molar-refractivity contribution is 0.0975. The van der Waals surface area contributed by atoms with Crippen LogP contribution in [0.4, 0.5) is 11.4 Å². The number of aromatic hydroxyl groups is 2. The van der Waals surface area contributed by atoms with E-state index in [1.165, 1.54) is 12.1 Å². The van der Waals surface area contributed by atoms with Crippen molar-refractivity contribution in [3.05, 3.63) is 46.0 Å². The van der Waals surface area contributed by atoms with E-state index >= 15 is 0 Å². The van der Waals surface area contributed by atoms with E-state index in [0.29, 0.717) is 17.8 Å². The number of nitrogens with one attached hydrogen (secondary N) is 1. The largest absolute Gasteiger partial charge is 0.507 e. The van der Waals surface area contributed by atoms with E-state index in [9.17, 15) is 19.8 Å². The third kappa shape index (κ3) is 4.16.